The number of pyridine rings is 1. The molecule has 0 amide bonds. The van der Waals surface area contributed by atoms with Crippen LogP contribution < -0.4 is 5.46 Å². The third-order valence-corrected chi connectivity index (χ3v) is 5.44. The molecule has 130 valence electrons. The van der Waals surface area contributed by atoms with Crippen molar-refractivity contribution in [2.45, 2.75) is 38.9 Å². The maximum absolute atomic E-state index is 8.98. The summed E-state index contributed by atoms with van der Waals surface area (Å²) in [6.07, 6.45) is 3.89. The third kappa shape index (κ3) is 2.61. The SMILES string of the molecule is CC1(C)OB(c2ccc3ncc(-c4ccc(C#N)cc4)n3c2)[OH+]C1(C)C. The maximum Gasteiger partial charge on any atom is 0.734 e. The van der Waals surface area contributed by atoms with Gasteiger partial charge in [-0.05, 0) is 32.0 Å². The van der Waals surface area contributed by atoms with Crippen molar-refractivity contribution in [2.75, 3.05) is 0 Å². The van der Waals surface area contributed by atoms with Crippen LogP contribution in [0.2, 0.25) is 0 Å². The molecule has 0 bridgehead atoms. The van der Waals surface area contributed by atoms with E-state index in [-0.39, 0.29) is 18.3 Å². The van der Waals surface area contributed by atoms with Crippen molar-refractivity contribution in [3.63, 3.8) is 0 Å². The van der Waals surface area contributed by atoms with E-state index in [9.17, 15) is 0 Å². The number of fused-ring (bicyclic) bond motifs is 1. The Morgan fingerprint density at radius 3 is 2.46 bits per heavy atom. The van der Waals surface area contributed by atoms with Crippen molar-refractivity contribution in [2.24, 2.45) is 0 Å². The Labute approximate surface area is 153 Å². The first kappa shape index (κ1) is 16.8. The number of hydrogen-bond donors (Lipinski definition) is 0. The minimum absolute atomic E-state index is 0.252. The molecular formula is C20H21BN3O2+. The lowest BCUT2D eigenvalue weighted by atomic mass is 9.80. The molecule has 6 heteroatoms. The van der Waals surface area contributed by atoms with Crippen LogP contribution in [0.5, 0.6) is 0 Å². The summed E-state index contributed by atoms with van der Waals surface area (Å²) in [5, 5.41) is 8.98. The summed E-state index contributed by atoms with van der Waals surface area (Å²) >= 11 is 0. The predicted octanol–water partition coefficient (Wildman–Crippen LogP) is 2.68. The van der Waals surface area contributed by atoms with Crippen molar-refractivity contribution in [3.05, 3.63) is 54.4 Å². The fourth-order valence-corrected chi connectivity index (χ4v) is 3.11. The average Bonchev–Trinajstić information content (AvgIpc) is 3.12. The summed E-state index contributed by atoms with van der Waals surface area (Å²) in [6, 6.07) is 13.7. The monoisotopic (exact) mass is 346 g/mol. The van der Waals surface area contributed by atoms with Crippen LogP contribution in [0.15, 0.2) is 48.8 Å². The van der Waals surface area contributed by atoms with Crippen LogP contribution in [0, 0.1) is 11.3 Å². The van der Waals surface area contributed by atoms with Gasteiger partial charge < -0.3 is 9.31 Å². The number of hydrogen-bond acceptors (Lipinski definition) is 3. The van der Waals surface area contributed by atoms with Gasteiger partial charge in [-0.15, -0.1) is 0 Å². The van der Waals surface area contributed by atoms with Crippen LogP contribution in [0.4, 0.5) is 0 Å². The Morgan fingerprint density at radius 2 is 1.85 bits per heavy atom. The van der Waals surface area contributed by atoms with Crippen LogP contribution in [-0.4, -0.2) is 32.4 Å². The van der Waals surface area contributed by atoms with E-state index < -0.39 is 0 Å². The molecule has 0 unspecified atom stereocenters. The lowest BCUT2D eigenvalue weighted by Gasteiger charge is -2.28. The molecule has 1 aliphatic heterocycles. The van der Waals surface area contributed by atoms with E-state index in [4.69, 9.17) is 14.6 Å². The molecular weight excluding hydrogens is 325 g/mol. The van der Waals surface area contributed by atoms with Gasteiger partial charge in [0.25, 0.3) is 0 Å². The summed E-state index contributed by atoms with van der Waals surface area (Å²) in [6.45, 7) is 8.36. The van der Waals surface area contributed by atoms with Gasteiger partial charge in [-0.3, -0.25) is 4.40 Å². The van der Waals surface area contributed by atoms with Crippen molar-refractivity contribution < 1.29 is 9.31 Å². The van der Waals surface area contributed by atoms with Gasteiger partial charge in [-0.25, -0.2) is 4.98 Å². The van der Waals surface area contributed by atoms with E-state index in [0.717, 1.165) is 22.4 Å². The summed E-state index contributed by atoms with van der Waals surface area (Å²) in [7, 11) is -0.291. The molecule has 0 aliphatic carbocycles. The Balaban J connectivity index is 1.75. The molecule has 0 saturated carbocycles. The largest absolute Gasteiger partial charge is 0.734 e. The molecule has 0 spiro atoms. The minimum Gasteiger partial charge on any atom is -0.505 e. The van der Waals surface area contributed by atoms with Gasteiger partial charge in [0, 0.05) is 25.6 Å². The molecule has 4 rings (SSSR count). The van der Waals surface area contributed by atoms with Gasteiger partial charge in [-0.1, -0.05) is 18.2 Å². The van der Waals surface area contributed by atoms with E-state index in [1.54, 1.807) is 0 Å². The number of benzene rings is 1. The lowest BCUT2D eigenvalue weighted by molar-refractivity contribution is -0.0705. The first-order valence-electron chi connectivity index (χ1n) is 8.68. The molecule has 5 nitrogen and oxygen atoms in total. The topological polar surface area (TPSA) is 63.1 Å². The van der Waals surface area contributed by atoms with Gasteiger partial charge in [0.1, 0.15) is 11.2 Å². The van der Waals surface area contributed by atoms with E-state index in [0.29, 0.717) is 5.56 Å². The van der Waals surface area contributed by atoms with Crippen molar-refractivity contribution in [1.82, 2.24) is 9.38 Å². The second-order valence-electron chi connectivity index (χ2n) is 7.69. The molecule has 3 aromatic rings. The number of nitrogens with zero attached hydrogens (tertiary/aromatic N) is 3. The van der Waals surface area contributed by atoms with Crippen LogP contribution in [-0.2, 0) is 4.65 Å². The van der Waals surface area contributed by atoms with Gasteiger partial charge in [0.2, 0.25) is 0 Å². The van der Waals surface area contributed by atoms with Gasteiger partial charge in [0.05, 0.1) is 29.0 Å². The Morgan fingerprint density at radius 1 is 1.12 bits per heavy atom. The molecule has 0 radical (unpaired) electrons. The van der Waals surface area contributed by atoms with Crippen LogP contribution in [0.3, 0.4) is 0 Å². The smallest absolute Gasteiger partial charge is 0.505 e. The average molecular weight is 346 g/mol. The quantitative estimate of drug-likeness (QED) is 0.529. The first-order chi connectivity index (χ1) is 12.3. The van der Waals surface area contributed by atoms with Crippen LogP contribution in [0.1, 0.15) is 33.3 Å². The normalized spacial score (nSPS) is 18.2. The van der Waals surface area contributed by atoms with Gasteiger partial charge >= 0.3 is 7.12 Å². The number of aromatic nitrogens is 2. The Hall–Kier alpha value is -2.62. The number of nitriles is 1. The Kier molecular flexibility index (Phi) is 3.69. The Bertz CT molecular complexity index is 1000. The molecule has 3 heterocycles. The highest BCUT2D eigenvalue weighted by atomic mass is 16.7. The zero-order valence-corrected chi connectivity index (χ0v) is 15.4. The highest BCUT2D eigenvalue weighted by Crippen LogP contribution is 2.34. The lowest BCUT2D eigenvalue weighted by Crippen LogP contribution is -2.43. The third-order valence-electron chi connectivity index (χ3n) is 5.44. The zero-order chi connectivity index (χ0) is 18.5. The fourth-order valence-electron chi connectivity index (χ4n) is 3.11. The summed E-state index contributed by atoms with van der Waals surface area (Å²) in [4.78, 5) is 4.49. The highest BCUT2D eigenvalue weighted by molar-refractivity contribution is 6.61. The van der Waals surface area contributed by atoms with E-state index in [1.165, 1.54) is 0 Å². The van der Waals surface area contributed by atoms with E-state index in [2.05, 4.69) is 38.7 Å². The maximum atomic E-state index is 8.98. The summed E-state index contributed by atoms with van der Waals surface area (Å²) in [5.74, 6) is 0. The molecule has 26 heavy (non-hydrogen) atoms. The van der Waals surface area contributed by atoms with E-state index in [1.807, 2.05) is 53.2 Å². The minimum atomic E-state index is -0.322. The molecule has 1 fully saturated rings. The van der Waals surface area contributed by atoms with E-state index >= 15 is 0 Å². The number of imidazole rings is 1. The van der Waals surface area contributed by atoms with Crippen molar-refractivity contribution in [1.29, 1.82) is 5.26 Å². The molecule has 2 aromatic heterocycles. The number of rotatable bonds is 2. The first-order valence-corrected chi connectivity index (χ1v) is 8.68. The summed E-state index contributed by atoms with van der Waals surface area (Å²) in [5.41, 5.74) is 3.93. The molecule has 1 N–H and O–H groups in total. The van der Waals surface area contributed by atoms with Gasteiger partial charge in [-0.2, -0.15) is 5.26 Å². The van der Waals surface area contributed by atoms with Crippen LogP contribution in [0.25, 0.3) is 16.9 Å². The van der Waals surface area contributed by atoms with Gasteiger partial charge in [0.15, 0.2) is 5.60 Å². The standard InChI is InChI=1S/C20H20BN3O2/c1-19(2)20(3,4)26-21(25-19)16-9-10-18-23-12-17(24(18)13-16)15-7-5-14(11-22)6-8-15/h5-10,12-13H,1-4H3/p+1. The molecule has 1 saturated heterocycles. The second kappa shape index (κ2) is 5.70. The number of aliphatic hydroxyl groups is 1. The second-order valence-corrected chi connectivity index (χ2v) is 7.69. The predicted molar refractivity (Wildman–Crippen MR) is 102 cm³/mol. The molecule has 0 atom stereocenters. The molecule has 1 aliphatic rings. The fraction of sp³-hybridized carbons (Fsp3) is 0.300. The van der Waals surface area contributed by atoms with Crippen molar-refractivity contribution in [3.8, 4) is 17.3 Å². The van der Waals surface area contributed by atoms with Crippen molar-refractivity contribution >= 4 is 18.2 Å². The van der Waals surface area contributed by atoms with Crippen LogP contribution >= 0.6 is 0 Å². The highest BCUT2D eigenvalue weighted by Gasteiger charge is 2.59. The summed E-state index contributed by atoms with van der Waals surface area (Å²) < 4.78 is 13.1. The zero-order valence-electron chi connectivity index (χ0n) is 15.4. The molecule has 1 aromatic carbocycles.